The van der Waals surface area contributed by atoms with Crippen LogP contribution in [0.4, 0.5) is 0 Å². The van der Waals surface area contributed by atoms with Gasteiger partial charge in [0.15, 0.2) is 0 Å². The van der Waals surface area contributed by atoms with Gasteiger partial charge in [-0.1, -0.05) is 29.3 Å². The quantitative estimate of drug-likeness (QED) is 0.622. The smallest absolute Gasteiger partial charge is 0.0964 e. The summed E-state index contributed by atoms with van der Waals surface area (Å²) in [4.78, 5) is 0. The Balaban J connectivity index is 2.56. The molecule has 0 aliphatic heterocycles. The zero-order valence-electron chi connectivity index (χ0n) is 7.31. The summed E-state index contributed by atoms with van der Waals surface area (Å²) in [6, 6.07) is 5.44. The second-order valence-corrected chi connectivity index (χ2v) is 3.44. The molecule has 0 heterocycles. The molecule has 0 unspecified atom stereocenters. The summed E-state index contributed by atoms with van der Waals surface area (Å²) in [5, 5.41) is 4.39. The lowest BCUT2D eigenvalue weighted by Gasteiger charge is -2.05. The molecule has 0 aliphatic carbocycles. The SMILES string of the molecule is COCNCc1ccc(Cl)cc1Cl. The fraction of sp³-hybridized carbons (Fsp3) is 0.333. The molecule has 1 aromatic carbocycles. The van der Waals surface area contributed by atoms with E-state index in [0.29, 0.717) is 23.3 Å². The van der Waals surface area contributed by atoms with E-state index in [1.54, 1.807) is 13.2 Å². The highest BCUT2D eigenvalue weighted by Gasteiger charge is 1.99. The minimum Gasteiger partial charge on any atom is -0.370 e. The van der Waals surface area contributed by atoms with Crippen molar-refractivity contribution in [2.45, 2.75) is 6.54 Å². The van der Waals surface area contributed by atoms with E-state index < -0.39 is 0 Å². The summed E-state index contributed by atoms with van der Waals surface area (Å²) >= 11 is 11.7. The van der Waals surface area contributed by atoms with Gasteiger partial charge in [-0.25, -0.2) is 0 Å². The fourth-order valence-electron chi connectivity index (χ4n) is 0.953. The van der Waals surface area contributed by atoms with Crippen LogP contribution in [0.15, 0.2) is 18.2 Å². The zero-order chi connectivity index (χ0) is 9.68. The lowest BCUT2D eigenvalue weighted by atomic mass is 10.2. The molecule has 0 radical (unpaired) electrons. The van der Waals surface area contributed by atoms with E-state index in [1.807, 2.05) is 12.1 Å². The standard InChI is InChI=1S/C9H11Cl2NO/c1-13-6-12-5-7-2-3-8(10)4-9(7)11/h2-4,12H,5-6H2,1H3. The predicted molar refractivity (Wildman–Crippen MR) is 55.2 cm³/mol. The molecule has 0 atom stereocenters. The Morgan fingerprint density at radius 3 is 2.77 bits per heavy atom. The molecule has 0 bridgehead atoms. The third kappa shape index (κ3) is 3.53. The minimum absolute atomic E-state index is 0.513. The van der Waals surface area contributed by atoms with E-state index in [0.717, 1.165) is 5.56 Å². The van der Waals surface area contributed by atoms with Crippen LogP contribution in [0.2, 0.25) is 10.0 Å². The molecule has 13 heavy (non-hydrogen) atoms. The van der Waals surface area contributed by atoms with E-state index in [1.165, 1.54) is 0 Å². The van der Waals surface area contributed by atoms with Crippen molar-refractivity contribution < 1.29 is 4.74 Å². The molecule has 1 aromatic rings. The second-order valence-electron chi connectivity index (χ2n) is 2.60. The number of hydrogen-bond donors (Lipinski definition) is 1. The summed E-state index contributed by atoms with van der Waals surface area (Å²) in [7, 11) is 1.64. The highest BCUT2D eigenvalue weighted by Crippen LogP contribution is 2.20. The largest absolute Gasteiger partial charge is 0.370 e. The van der Waals surface area contributed by atoms with E-state index in [9.17, 15) is 0 Å². The Hall–Kier alpha value is -0.280. The lowest BCUT2D eigenvalue weighted by molar-refractivity contribution is 0.174. The third-order valence-corrected chi connectivity index (χ3v) is 2.16. The summed E-state index contributed by atoms with van der Waals surface area (Å²) in [6.45, 7) is 1.20. The van der Waals surface area contributed by atoms with Crippen molar-refractivity contribution in [2.75, 3.05) is 13.8 Å². The number of benzene rings is 1. The first-order valence-corrected chi connectivity index (χ1v) is 4.63. The van der Waals surface area contributed by atoms with Crippen molar-refractivity contribution in [1.29, 1.82) is 0 Å². The van der Waals surface area contributed by atoms with Crippen molar-refractivity contribution in [3.8, 4) is 0 Å². The van der Waals surface area contributed by atoms with Gasteiger partial charge < -0.3 is 4.74 Å². The first-order valence-electron chi connectivity index (χ1n) is 3.87. The van der Waals surface area contributed by atoms with Gasteiger partial charge in [0.05, 0.1) is 6.73 Å². The Morgan fingerprint density at radius 1 is 1.38 bits per heavy atom. The van der Waals surface area contributed by atoms with Gasteiger partial charge >= 0.3 is 0 Å². The number of ether oxygens (including phenoxy) is 1. The van der Waals surface area contributed by atoms with Crippen LogP contribution in [0.3, 0.4) is 0 Å². The van der Waals surface area contributed by atoms with Gasteiger partial charge in [-0.2, -0.15) is 0 Å². The molecule has 1 N–H and O–H groups in total. The van der Waals surface area contributed by atoms with Crippen LogP contribution in [0, 0.1) is 0 Å². The highest BCUT2D eigenvalue weighted by atomic mass is 35.5. The van der Waals surface area contributed by atoms with Gasteiger partial charge in [-0.3, -0.25) is 5.32 Å². The Morgan fingerprint density at radius 2 is 2.15 bits per heavy atom. The number of rotatable bonds is 4. The highest BCUT2D eigenvalue weighted by molar-refractivity contribution is 6.35. The second kappa shape index (κ2) is 5.45. The Labute approximate surface area is 87.8 Å². The van der Waals surface area contributed by atoms with Gasteiger partial charge in [-0.05, 0) is 17.7 Å². The molecule has 2 nitrogen and oxygen atoms in total. The van der Waals surface area contributed by atoms with Crippen LogP contribution in [0.25, 0.3) is 0 Å². The Kier molecular flexibility index (Phi) is 4.53. The van der Waals surface area contributed by atoms with Gasteiger partial charge in [0.2, 0.25) is 0 Å². The minimum atomic E-state index is 0.513. The molecule has 4 heteroatoms. The van der Waals surface area contributed by atoms with Gasteiger partial charge in [0.1, 0.15) is 0 Å². The predicted octanol–water partition coefficient (Wildman–Crippen LogP) is 2.69. The van der Waals surface area contributed by atoms with Crippen LogP contribution in [-0.2, 0) is 11.3 Å². The van der Waals surface area contributed by atoms with Crippen LogP contribution >= 0.6 is 23.2 Å². The normalized spacial score (nSPS) is 10.4. The van der Waals surface area contributed by atoms with Crippen molar-refractivity contribution in [1.82, 2.24) is 5.32 Å². The van der Waals surface area contributed by atoms with Crippen LogP contribution in [0.1, 0.15) is 5.56 Å². The van der Waals surface area contributed by atoms with Crippen molar-refractivity contribution >= 4 is 23.2 Å². The van der Waals surface area contributed by atoms with Gasteiger partial charge in [0, 0.05) is 23.7 Å². The van der Waals surface area contributed by atoms with E-state index in [2.05, 4.69) is 5.32 Å². The topological polar surface area (TPSA) is 21.3 Å². The molecular weight excluding hydrogens is 209 g/mol. The lowest BCUT2D eigenvalue weighted by Crippen LogP contribution is -2.16. The van der Waals surface area contributed by atoms with Crippen molar-refractivity contribution in [3.05, 3.63) is 33.8 Å². The molecular formula is C9H11Cl2NO. The average molecular weight is 220 g/mol. The zero-order valence-corrected chi connectivity index (χ0v) is 8.82. The first-order chi connectivity index (χ1) is 6.24. The molecule has 0 saturated carbocycles. The van der Waals surface area contributed by atoms with Crippen LogP contribution in [0.5, 0.6) is 0 Å². The fourth-order valence-corrected chi connectivity index (χ4v) is 1.43. The van der Waals surface area contributed by atoms with E-state index >= 15 is 0 Å². The third-order valence-electron chi connectivity index (χ3n) is 1.58. The first kappa shape index (κ1) is 10.8. The molecule has 0 spiro atoms. The summed E-state index contributed by atoms with van der Waals surface area (Å²) in [5.74, 6) is 0. The summed E-state index contributed by atoms with van der Waals surface area (Å²) in [5.41, 5.74) is 1.02. The molecule has 0 fully saturated rings. The van der Waals surface area contributed by atoms with Crippen LogP contribution < -0.4 is 5.32 Å². The van der Waals surface area contributed by atoms with Crippen LogP contribution in [-0.4, -0.2) is 13.8 Å². The molecule has 0 amide bonds. The molecule has 0 aromatic heterocycles. The Bertz CT molecular complexity index is 278. The summed E-state index contributed by atoms with van der Waals surface area (Å²) < 4.78 is 4.85. The number of hydrogen-bond acceptors (Lipinski definition) is 2. The molecule has 0 saturated heterocycles. The van der Waals surface area contributed by atoms with Gasteiger partial charge in [-0.15, -0.1) is 0 Å². The maximum Gasteiger partial charge on any atom is 0.0964 e. The summed E-state index contributed by atoms with van der Waals surface area (Å²) in [6.07, 6.45) is 0. The van der Waals surface area contributed by atoms with E-state index in [-0.39, 0.29) is 0 Å². The van der Waals surface area contributed by atoms with Crippen molar-refractivity contribution in [2.24, 2.45) is 0 Å². The molecule has 1 rings (SSSR count). The van der Waals surface area contributed by atoms with Crippen molar-refractivity contribution in [3.63, 3.8) is 0 Å². The maximum absolute atomic E-state index is 5.94. The molecule has 0 aliphatic rings. The maximum atomic E-state index is 5.94. The number of halogens is 2. The number of nitrogens with one attached hydrogen (secondary N) is 1. The average Bonchev–Trinajstić information content (AvgIpc) is 2.09. The number of methoxy groups -OCH3 is 1. The molecule has 72 valence electrons. The monoisotopic (exact) mass is 219 g/mol. The van der Waals surface area contributed by atoms with Gasteiger partial charge in [0.25, 0.3) is 0 Å². The van der Waals surface area contributed by atoms with E-state index in [4.69, 9.17) is 27.9 Å².